The number of rotatable bonds is 12. The second kappa shape index (κ2) is 11.7. The molecule has 1 saturated carbocycles. The van der Waals surface area contributed by atoms with Gasteiger partial charge in [0.25, 0.3) is 0 Å². The summed E-state index contributed by atoms with van der Waals surface area (Å²) in [5.74, 6) is -1.42. The highest BCUT2D eigenvalue weighted by molar-refractivity contribution is 8.02. The Labute approximate surface area is 219 Å². The highest BCUT2D eigenvalue weighted by Crippen LogP contribution is 2.68. The number of fused-ring (bicyclic) bond motifs is 1. The molecule has 3 unspecified atom stereocenters. The number of carbonyl (C=O) groups is 3. The first kappa shape index (κ1) is 27.2. The van der Waals surface area contributed by atoms with Gasteiger partial charge in [0.1, 0.15) is 6.04 Å². The monoisotopic (exact) mass is 518 g/mol. The minimum atomic E-state index is -0.646. The van der Waals surface area contributed by atoms with Crippen LogP contribution in [0.1, 0.15) is 64.7 Å². The number of aliphatic hydroxyl groups is 1. The summed E-state index contributed by atoms with van der Waals surface area (Å²) >= 11 is 1.68. The van der Waals surface area contributed by atoms with Crippen molar-refractivity contribution in [3.8, 4) is 0 Å². The van der Waals surface area contributed by atoms with Gasteiger partial charge in [-0.25, -0.2) is 0 Å². The van der Waals surface area contributed by atoms with Crippen molar-refractivity contribution in [2.75, 3.05) is 26.3 Å². The van der Waals surface area contributed by atoms with Crippen molar-refractivity contribution in [1.29, 1.82) is 0 Å². The molecule has 4 rings (SSSR count). The summed E-state index contributed by atoms with van der Waals surface area (Å²) in [6.07, 6.45) is 11.6. The van der Waals surface area contributed by atoms with Gasteiger partial charge in [-0.15, -0.1) is 24.9 Å². The average Bonchev–Trinajstić information content (AvgIpc) is 3.47. The lowest BCUT2D eigenvalue weighted by Crippen LogP contribution is -2.59. The number of ether oxygens (including phenoxy) is 1. The maximum atomic E-state index is 14.4. The van der Waals surface area contributed by atoms with Crippen LogP contribution in [-0.4, -0.2) is 81.1 Å². The van der Waals surface area contributed by atoms with Gasteiger partial charge < -0.3 is 19.6 Å². The quantitative estimate of drug-likeness (QED) is 0.242. The van der Waals surface area contributed by atoms with E-state index in [0.29, 0.717) is 32.5 Å². The highest BCUT2D eigenvalue weighted by atomic mass is 32.2. The third-order valence-corrected chi connectivity index (χ3v) is 10.8. The van der Waals surface area contributed by atoms with Crippen LogP contribution in [0.2, 0.25) is 0 Å². The summed E-state index contributed by atoms with van der Waals surface area (Å²) in [7, 11) is 0. The Bertz CT molecular complexity index is 859. The van der Waals surface area contributed by atoms with Crippen LogP contribution < -0.4 is 0 Å². The average molecular weight is 519 g/mol. The number of carbonyl (C=O) groups excluding carboxylic acids is 3. The van der Waals surface area contributed by atoms with Crippen molar-refractivity contribution in [3.63, 3.8) is 0 Å². The molecule has 0 radical (unpaired) electrons. The molecular formula is C28H42N2O5S. The minimum Gasteiger partial charge on any atom is -0.465 e. The molecule has 3 aliphatic heterocycles. The van der Waals surface area contributed by atoms with E-state index in [2.05, 4.69) is 20.1 Å². The van der Waals surface area contributed by atoms with Crippen molar-refractivity contribution >= 4 is 29.5 Å². The van der Waals surface area contributed by atoms with E-state index in [-0.39, 0.29) is 41.6 Å². The first-order valence-electron chi connectivity index (χ1n) is 13.7. The number of nitrogens with zero attached hydrogens (tertiary/aromatic N) is 2. The van der Waals surface area contributed by atoms with Crippen molar-refractivity contribution in [2.45, 2.75) is 86.8 Å². The summed E-state index contributed by atoms with van der Waals surface area (Å²) in [6, 6.07) is -0.481. The Morgan fingerprint density at radius 1 is 1.22 bits per heavy atom. The summed E-state index contributed by atoms with van der Waals surface area (Å²) < 4.78 is 5.00. The standard InChI is InChI=1S/C28H42N2O5S/c1-4-6-10-17-35-27(34)22-21-18-19(3)28(36-21)23(22)25(32)30(15-11-16-31)24(28)26(33)29(14-5-2)20-12-8-7-9-13-20/h4-5,19-24,31H,1-2,6-18H2,3H3/t19?,21-,22+,23+,24?,28?/m1/s1. The fourth-order valence-corrected chi connectivity index (χ4v) is 9.56. The Morgan fingerprint density at radius 3 is 2.64 bits per heavy atom. The molecule has 7 nitrogen and oxygen atoms in total. The van der Waals surface area contributed by atoms with E-state index in [0.717, 1.165) is 38.5 Å². The lowest BCUT2D eigenvalue weighted by Gasteiger charge is -2.43. The number of hydrogen-bond donors (Lipinski definition) is 1. The number of thioether (sulfide) groups is 1. The number of likely N-dealkylation sites (tertiary alicyclic amines) is 1. The van der Waals surface area contributed by atoms with Crippen LogP contribution >= 0.6 is 11.8 Å². The van der Waals surface area contributed by atoms with Crippen LogP contribution in [0.4, 0.5) is 0 Å². The Kier molecular flexibility index (Phi) is 8.87. The number of amides is 2. The molecule has 200 valence electrons. The van der Waals surface area contributed by atoms with Gasteiger partial charge in [-0.1, -0.05) is 38.3 Å². The van der Waals surface area contributed by atoms with Gasteiger partial charge in [0.05, 0.1) is 23.2 Å². The molecule has 2 bridgehead atoms. The van der Waals surface area contributed by atoms with Crippen molar-refractivity contribution in [1.82, 2.24) is 9.80 Å². The molecule has 36 heavy (non-hydrogen) atoms. The van der Waals surface area contributed by atoms with Crippen LogP contribution in [-0.2, 0) is 19.1 Å². The lowest BCUT2D eigenvalue weighted by molar-refractivity contribution is -0.154. The SMILES string of the molecule is C=CCCCOC(=O)[C@@H]1[C@H]2C(=O)N(CCCO)C(C(=O)N(CC=C)C3CCCCC3)C23S[C@@H]1CC3C. The van der Waals surface area contributed by atoms with Gasteiger partial charge in [0, 0.05) is 31.0 Å². The van der Waals surface area contributed by atoms with Crippen molar-refractivity contribution in [2.24, 2.45) is 17.8 Å². The molecular weight excluding hydrogens is 476 g/mol. The Balaban J connectivity index is 1.67. The second-order valence-corrected chi connectivity index (χ2v) is 12.4. The van der Waals surface area contributed by atoms with Crippen molar-refractivity contribution < 1.29 is 24.2 Å². The lowest BCUT2D eigenvalue weighted by atomic mass is 9.66. The molecule has 6 atom stereocenters. The van der Waals surface area contributed by atoms with E-state index in [1.54, 1.807) is 28.8 Å². The molecule has 0 aromatic heterocycles. The fourth-order valence-electron chi connectivity index (χ4n) is 7.15. The molecule has 4 fully saturated rings. The molecule has 0 aromatic carbocycles. The zero-order valence-corrected chi connectivity index (χ0v) is 22.4. The topological polar surface area (TPSA) is 87.1 Å². The largest absolute Gasteiger partial charge is 0.465 e. The number of hydrogen-bond acceptors (Lipinski definition) is 6. The predicted octanol–water partition coefficient (Wildman–Crippen LogP) is 3.56. The molecule has 0 aromatic rings. The van der Waals surface area contributed by atoms with Gasteiger partial charge in [0.2, 0.25) is 11.8 Å². The number of aliphatic hydroxyl groups excluding tert-OH is 1. The normalized spacial score (nSPS) is 33.4. The van der Waals surface area contributed by atoms with E-state index >= 15 is 0 Å². The van der Waals surface area contributed by atoms with Gasteiger partial charge in [0.15, 0.2) is 0 Å². The summed E-state index contributed by atoms with van der Waals surface area (Å²) in [5, 5.41) is 9.55. The van der Waals surface area contributed by atoms with E-state index in [4.69, 9.17) is 4.74 Å². The van der Waals surface area contributed by atoms with Crippen LogP contribution in [0.3, 0.4) is 0 Å². The van der Waals surface area contributed by atoms with Crippen LogP contribution in [0.5, 0.6) is 0 Å². The Hall–Kier alpha value is -1.80. The number of unbranched alkanes of at least 4 members (excludes halogenated alkanes) is 1. The zero-order valence-electron chi connectivity index (χ0n) is 21.6. The van der Waals surface area contributed by atoms with E-state index in [9.17, 15) is 19.5 Å². The first-order valence-corrected chi connectivity index (χ1v) is 14.6. The summed E-state index contributed by atoms with van der Waals surface area (Å²) in [5.41, 5.74) is 0. The first-order chi connectivity index (χ1) is 17.4. The van der Waals surface area contributed by atoms with E-state index in [1.165, 1.54) is 6.42 Å². The molecule has 1 N–H and O–H groups in total. The van der Waals surface area contributed by atoms with Crippen LogP contribution in [0.25, 0.3) is 0 Å². The second-order valence-electron chi connectivity index (χ2n) is 10.8. The Morgan fingerprint density at radius 2 is 1.97 bits per heavy atom. The summed E-state index contributed by atoms with van der Waals surface area (Å²) in [4.78, 5) is 45.4. The smallest absolute Gasteiger partial charge is 0.310 e. The highest BCUT2D eigenvalue weighted by Gasteiger charge is 2.76. The zero-order chi connectivity index (χ0) is 25.9. The molecule has 8 heteroatoms. The molecule has 3 saturated heterocycles. The van der Waals surface area contributed by atoms with Crippen molar-refractivity contribution in [3.05, 3.63) is 25.3 Å². The summed E-state index contributed by atoms with van der Waals surface area (Å²) in [6.45, 7) is 10.8. The van der Waals surface area contributed by atoms with Crippen LogP contribution in [0, 0.1) is 17.8 Å². The van der Waals surface area contributed by atoms with Gasteiger partial charge >= 0.3 is 5.97 Å². The maximum absolute atomic E-state index is 14.4. The molecule has 4 aliphatic rings. The fraction of sp³-hybridized carbons (Fsp3) is 0.750. The molecule has 3 heterocycles. The van der Waals surface area contributed by atoms with Gasteiger partial charge in [-0.05, 0) is 44.4 Å². The minimum absolute atomic E-state index is 0.0151. The van der Waals surface area contributed by atoms with E-state index < -0.39 is 22.6 Å². The molecule has 1 spiro atoms. The van der Waals surface area contributed by atoms with Gasteiger partial charge in [-0.3, -0.25) is 14.4 Å². The van der Waals surface area contributed by atoms with E-state index in [1.807, 2.05) is 4.90 Å². The molecule has 1 aliphatic carbocycles. The van der Waals surface area contributed by atoms with Gasteiger partial charge in [-0.2, -0.15) is 0 Å². The number of allylic oxidation sites excluding steroid dienone is 1. The third kappa shape index (κ3) is 4.64. The maximum Gasteiger partial charge on any atom is 0.310 e. The number of esters is 1. The predicted molar refractivity (Wildman–Crippen MR) is 141 cm³/mol. The third-order valence-electron chi connectivity index (χ3n) is 8.73. The molecule has 2 amide bonds. The van der Waals surface area contributed by atoms with Crippen LogP contribution in [0.15, 0.2) is 25.3 Å².